The summed E-state index contributed by atoms with van der Waals surface area (Å²) in [5.41, 5.74) is 0. The number of quaternary nitrogens is 1. The summed E-state index contributed by atoms with van der Waals surface area (Å²) in [5, 5.41) is 3.00. The van der Waals surface area contributed by atoms with E-state index in [2.05, 4.69) is 111 Å². The molecule has 0 heterocycles. The summed E-state index contributed by atoms with van der Waals surface area (Å²) < 4.78 is 30.3. The number of nitrogens with zero attached hydrogens (tertiary/aromatic N) is 1. The van der Waals surface area contributed by atoms with E-state index in [0.717, 1.165) is 103 Å². The summed E-state index contributed by atoms with van der Waals surface area (Å²) in [7, 11) is 1.14. The van der Waals surface area contributed by atoms with Crippen LogP contribution in [0.15, 0.2) is 97.2 Å². The molecule has 3 unspecified atom stereocenters. The van der Waals surface area contributed by atoms with E-state index in [9.17, 15) is 19.0 Å². The van der Waals surface area contributed by atoms with Gasteiger partial charge in [0.05, 0.1) is 33.8 Å². The predicted molar refractivity (Wildman–Crippen MR) is 321 cm³/mol. The van der Waals surface area contributed by atoms with Crippen LogP contribution in [0.2, 0.25) is 0 Å². The molecule has 0 aromatic heterocycles. The first-order chi connectivity index (χ1) is 36.4. The highest BCUT2D eigenvalue weighted by Gasteiger charge is 2.27. The first-order valence-corrected chi connectivity index (χ1v) is 32.0. The van der Waals surface area contributed by atoms with E-state index in [4.69, 9.17) is 13.8 Å². The fourth-order valence-electron chi connectivity index (χ4n) is 8.28. The summed E-state index contributed by atoms with van der Waals surface area (Å²) in [5.74, 6) is -0.600. The normalized spacial score (nSPS) is 14.4. The van der Waals surface area contributed by atoms with Crippen molar-refractivity contribution in [1.29, 1.82) is 0 Å². The Kier molecular flexibility index (Phi) is 52.1. The van der Waals surface area contributed by atoms with E-state index >= 15 is 0 Å². The van der Waals surface area contributed by atoms with Gasteiger partial charge in [-0.05, 0) is 109 Å². The number of amides is 1. The van der Waals surface area contributed by atoms with Gasteiger partial charge in [-0.1, -0.05) is 227 Å². The van der Waals surface area contributed by atoms with Crippen LogP contribution in [0.1, 0.15) is 252 Å². The summed E-state index contributed by atoms with van der Waals surface area (Å²) in [6.45, 7) is 6.67. The number of hydrogen-bond acceptors (Lipinski definition) is 7. The van der Waals surface area contributed by atoms with Gasteiger partial charge in [-0.2, -0.15) is 0 Å². The molecule has 0 saturated heterocycles. The van der Waals surface area contributed by atoms with Gasteiger partial charge in [0.25, 0.3) is 7.82 Å². The number of unbranched alkanes of at least 4 members (excludes halogenated alkanes) is 24. The number of ether oxygens (including phenoxy) is 1. The third-order valence-corrected chi connectivity index (χ3v) is 14.0. The number of allylic oxidation sites excluding steroid dienone is 15. The lowest BCUT2D eigenvalue weighted by atomic mass is 10.0. The number of hydrogen-bond donors (Lipinski definition) is 1. The van der Waals surface area contributed by atoms with Crippen LogP contribution < -0.4 is 10.2 Å². The van der Waals surface area contributed by atoms with Crippen LogP contribution in [-0.2, 0) is 27.9 Å². The maximum atomic E-state index is 13.5. The standard InChI is InChI=1S/C65H115N2O7P/c1-7-10-13-16-19-22-25-28-30-31-32-33-34-35-37-39-42-45-48-51-54-57-64(68)66-62(61-73-75(70,71)72-60-59-67(4,5)6)63(56-53-50-47-44-41-38-27-24-21-18-15-12-9-3)74-65(69)58-55-52-49-46-43-40-36-29-26-23-20-17-14-11-8-2/h10,13,19,22-23,26,28,30,32-33,35,37,42,45,53,56,62-63H,7-9,11-12,14-18,20-21,24-25,27,29,31,34,36,38-41,43-44,46-52,54-55,57-61H2,1-6H3,(H-,66,68,70,71)/b13-10-,22-19-,26-23-,30-28-,33-32-,37-35-,45-42-,56-53-. The largest absolute Gasteiger partial charge is 0.756 e. The molecule has 0 aromatic carbocycles. The SMILES string of the molecule is CC/C=C\C/C=C\C/C=C\C/C=C\C/C=C\C/C=C\CCCCC(=O)NC(COP(=O)([O-])OCC[N+](C)(C)C)C(/C=C\CCCCCCCCCCCCC)OC(=O)CCCCCCCCC/C=C\CCCCCC. The number of phosphoric ester groups is 1. The van der Waals surface area contributed by atoms with Gasteiger partial charge in [-0.3, -0.25) is 14.2 Å². The molecule has 0 aliphatic carbocycles. The number of carbonyl (C=O) groups excluding carboxylic acids is 2. The molecule has 0 bridgehead atoms. The monoisotopic (exact) mass is 1070 g/mol. The number of likely N-dealkylation sites (N-methyl/N-ethyl adjacent to an activating group) is 1. The number of rotatable bonds is 54. The molecule has 1 amide bonds. The van der Waals surface area contributed by atoms with Gasteiger partial charge in [-0.25, -0.2) is 0 Å². The highest BCUT2D eigenvalue weighted by molar-refractivity contribution is 7.45. The fraction of sp³-hybridized carbons (Fsp3) is 0.723. The third-order valence-electron chi connectivity index (χ3n) is 13.0. The first-order valence-electron chi connectivity index (χ1n) is 30.5. The van der Waals surface area contributed by atoms with Gasteiger partial charge in [-0.15, -0.1) is 0 Å². The maximum Gasteiger partial charge on any atom is 0.306 e. The molecule has 0 aliphatic rings. The van der Waals surface area contributed by atoms with Gasteiger partial charge in [0.15, 0.2) is 0 Å². The van der Waals surface area contributed by atoms with Gasteiger partial charge >= 0.3 is 5.97 Å². The van der Waals surface area contributed by atoms with Crippen molar-refractivity contribution < 1.29 is 37.3 Å². The Balaban J connectivity index is 5.40. The Morgan fingerprint density at radius 2 is 0.853 bits per heavy atom. The van der Waals surface area contributed by atoms with Crippen LogP contribution >= 0.6 is 7.82 Å². The fourth-order valence-corrected chi connectivity index (χ4v) is 9.01. The molecule has 0 aliphatic heterocycles. The second-order valence-electron chi connectivity index (χ2n) is 21.5. The molecule has 3 atom stereocenters. The van der Waals surface area contributed by atoms with Gasteiger partial charge in [0, 0.05) is 12.8 Å². The van der Waals surface area contributed by atoms with Crippen molar-refractivity contribution in [3.63, 3.8) is 0 Å². The molecule has 1 N–H and O–H groups in total. The Bertz CT molecular complexity index is 1610. The van der Waals surface area contributed by atoms with Crippen LogP contribution in [0, 0.1) is 0 Å². The van der Waals surface area contributed by atoms with Crippen molar-refractivity contribution in [1.82, 2.24) is 5.32 Å². The van der Waals surface area contributed by atoms with E-state index in [0.29, 0.717) is 17.4 Å². The van der Waals surface area contributed by atoms with E-state index in [1.165, 1.54) is 109 Å². The lowest BCUT2D eigenvalue weighted by Gasteiger charge is -2.30. The quantitative estimate of drug-likeness (QED) is 0.0212. The van der Waals surface area contributed by atoms with Crippen molar-refractivity contribution in [2.24, 2.45) is 0 Å². The maximum absolute atomic E-state index is 13.5. The highest BCUT2D eigenvalue weighted by Crippen LogP contribution is 2.38. The van der Waals surface area contributed by atoms with Crippen molar-refractivity contribution in [2.45, 2.75) is 264 Å². The Hall–Kier alpha value is -3.07. The van der Waals surface area contributed by atoms with E-state index < -0.39 is 26.6 Å². The van der Waals surface area contributed by atoms with E-state index in [1.54, 1.807) is 0 Å². The average Bonchev–Trinajstić information content (AvgIpc) is 3.37. The molecule has 0 radical (unpaired) electrons. The lowest BCUT2D eigenvalue weighted by Crippen LogP contribution is -2.47. The molecule has 0 saturated carbocycles. The Morgan fingerprint density at radius 3 is 1.32 bits per heavy atom. The molecule has 9 nitrogen and oxygen atoms in total. The van der Waals surface area contributed by atoms with Crippen molar-refractivity contribution in [3.05, 3.63) is 97.2 Å². The number of phosphoric acid groups is 1. The molecule has 75 heavy (non-hydrogen) atoms. The Labute approximate surface area is 462 Å². The zero-order valence-electron chi connectivity index (χ0n) is 49.2. The van der Waals surface area contributed by atoms with Crippen molar-refractivity contribution >= 4 is 19.7 Å². The summed E-state index contributed by atoms with van der Waals surface area (Å²) >= 11 is 0. The summed E-state index contributed by atoms with van der Waals surface area (Å²) in [6, 6.07) is -0.918. The van der Waals surface area contributed by atoms with Crippen LogP contribution in [0.3, 0.4) is 0 Å². The van der Waals surface area contributed by atoms with Gasteiger partial charge in [0.2, 0.25) is 5.91 Å². The molecular formula is C65H115N2O7P. The first kappa shape index (κ1) is 71.9. The van der Waals surface area contributed by atoms with Crippen LogP contribution in [0.25, 0.3) is 0 Å². The van der Waals surface area contributed by atoms with Crippen molar-refractivity contribution in [3.8, 4) is 0 Å². The van der Waals surface area contributed by atoms with Crippen LogP contribution in [0.5, 0.6) is 0 Å². The minimum atomic E-state index is -4.72. The average molecular weight is 1070 g/mol. The van der Waals surface area contributed by atoms with Gasteiger partial charge < -0.3 is 28.5 Å². The van der Waals surface area contributed by atoms with Gasteiger partial charge in [0.1, 0.15) is 19.3 Å². The topological polar surface area (TPSA) is 114 Å². The summed E-state index contributed by atoms with van der Waals surface area (Å²) in [4.78, 5) is 40.0. The third kappa shape index (κ3) is 55.5. The van der Waals surface area contributed by atoms with Crippen LogP contribution in [0.4, 0.5) is 0 Å². The van der Waals surface area contributed by atoms with Crippen molar-refractivity contribution in [2.75, 3.05) is 40.9 Å². The minimum Gasteiger partial charge on any atom is -0.756 e. The number of carbonyl (C=O) groups is 2. The van der Waals surface area contributed by atoms with E-state index in [1.807, 2.05) is 33.3 Å². The molecule has 0 aromatic rings. The second kappa shape index (κ2) is 54.3. The lowest BCUT2D eigenvalue weighted by molar-refractivity contribution is -0.870. The summed E-state index contributed by atoms with van der Waals surface area (Å²) in [6.07, 6.45) is 72.3. The number of esters is 1. The molecule has 0 fully saturated rings. The van der Waals surface area contributed by atoms with E-state index in [-0.39, 0.29) is 31.3 Å². The smallest absolute Gasteiger partial charge is 0.306 e. The minimum absolute atomic E-state index is 0.0358. The molecular weight excluding hydrogens is 952 g/mol. The highest BCUT2D eigenvalue weighted by atomic mass is 31.2. The predicted octanol–water partition coefficient (Wildman–Crippen LogP) is 18.1. The Morgan fingerprint density at radius 1 is 0.480 bits per heavy atom. The molecule has 432 valence electrons. The zero-order chi connectivity index (χ0) is 55.0. The molecule has 10 heteroatoms. The van der Waals surface area contributed by atoms with Crippen LogP contribution in [-0.4, -0.2) is 69.4 Å². The zero-order valence-corrected chi connectivity index (χ0v) is 50.1. The number of nitrogens with one attached hydrogen (secondary N) is 1. The second-order valence-corrected chi connectivity index (χ2v) is 22.9. The molecule has 0 spiro atoms. The molecule has 0 rings (SSSR count).